The van der Waals surface area contributed by atoms with Gasteiger partial charge >= 0.3 is 0 Å². The molecule has 0 spiro atoms. The van der Waals surface area contributed by atoms with Crippen LogP contribution in [0, 0.1) is 12.8 Å². The van der Waals surface area contributed by atoms with Crippen LogP contribution in [0.2, 0.25) is 0 Å². The minimum atomic E-state index is -3.64. The summed E-state index contributed by atoms with van der Waals surface area (Å²) in [6.45, 7) is 2.78. The van der Waals surface area contributed by atoms with E-state index in [1.54, 1.807) is 0 Å². The maximum atomic E-state index is 12.7. The molecule has 0 radical (unpaired) electrons. The molecule has 0 atom stereocenters. The Morgan fingerprint density at radius 1 is 1.26 bits per heavy atom. The molecule has 34 heavy (non-hydrogen) atoms. The summed E-state index contributed by atoms with van der Waals surface area (Å²) in [5.74, 6) is 0.481. The van der Waals surface area contributed by atoms with Crippen LogP contribution in [-0.2, 0) is 21.2 Å². The summed E-state index contributed by atoms with van der Waals surface area (Å²) in [4.78, 5) is 17.1. The van der Waals surface area contributed by atoms with Gasteiger partial charge in [0.05, 0.1) is 37.0 Å². The molecule has 10 heteroatoms. The highest BCUT2D eigenvalue weighted by Gasteiger charge is 2.30. The van der Waals surface area contributed by atoms with E-state index >= 15 is 0 Å². The number of aromatic nitrogens is 1. The summed E-state index contributed by atoms with van der Waals surface area (Å²) in [6, 6.07) is 9.37. The number of amides is 1. The van der Waals surface area contributed by atoms with Gasteiger partial charge in [0.2, 0.25) is 15.7 Å². The van der Waals surface area contributed by atoms with E-state index < -0.39 is 15.9 Å². The number of alkyl halides is 1. The Hall–Kier alpha value is -2.43. The second kappa shape index (κ2) is 10.1. The molecule has 1 amide bonds. The largest absolute Gasteiger partial charge is 0.437 e. The van der Waals surface area contributed by atoms with Gasteiger partial charge < -0.3 is 14.9 Å². The lowest BCUT2D eigenvalue weighted by atomic mass is 10.0. The first-order valence-corrected chi connectivity index (χ1v) is 14.1. The van der Waals surface area contributed by atoms with Crippen LogP contribution in [0.25, 0.3) is 22.4 Å². The first-order chi connectivity index (χ1) is 16.2. The number of rotatable bonds is 11. The molecule has 0 aliphatic heterocycles. The van der Waals surface area contributed by atoms with Crippen LogP contribution in [-0.4, -0.2) is 50.7 Å². The molecule has 1 aliphatic carbocycles. The quantitative estimate of drug-likeness (QED) is 0.285. The van der Waals surface area contributed by atoms with Gasteiger partial charge in [-0.15, -0.1) is 0 Å². The molecule has 0 saturated heterocycles. The van der Waals surface area contributed by atoms with Crippen molar-refractivity contribution < 1.29 is 22.4 Å². The average molecular weight is 550 g/mol. The maximum Gasteiger partial charge on any atom is 0.253 e. The molecular formula is C24H28BrN3O5S. The zero-order valence-corrected chi connectivity index (χ0v) is 21.6. The zero-order valence-electron chi connectivity index (χ0n) is 19.2. The number of halogens is 1. The van der Waals surface area contributed by atoms with E-state index in [0.29, 0.717) is 46.8 Å². The molecule has 1 fully saturated rings. The molecule has 182 valence electrons. The second-order valence-corrected chi connectivity index (χ2v) is 11.3. The molecule has 1 saturated carbocycles. The Morgan fingerprint density at radius 3 is 2.56 bits per heavy atom. The van der Waals surface area contributed by atoms with Crippen molar-refractivity contribution in [3.63, 3.8) is 0 Å². The van der Waals surface area contributed by atoms with Crippen molar-refractivity contribution in [2.45, 2.75) is 26.2 Å². The van der Waals surface area contributed by atoms with Gasteiger partial charge in [0.15, 0.2) is 0 Å². The van der Waals surface area contributed by atoms with E-state index in [2.05, 4.69) is 20.9 Å². The molecule has 8 nitrogen and oxygen atoms in total. The standard InChI is InChI=1S/C24H28BrN3O5S/c1-15-3-7-17(8-4-15)21-20(22(26)29)19-14-18(13-16-5-6-16)23(27-24(19)33-21)28(34(2,30)31)10-12-32-11-9-25/h3-4,7-8,14,16H,5-6,9-13H2,1-2H3,(H2,26,29). The number of anilines is 1. The number of pyridine rings is 1. The summed E-state index contributed by atoms with van der Waals surface area (Å²) in [6.07, 6.45) is 3.97. The first kappa shape index (κ1) is 24.7. The number of carbonyl (C=O) groups is 1. The summed E-state index contributed by atoms with van der Waals surface area (Å²) < 4.78 is 38.3. The highest BCUT2D eigenvalue weighted by atomic mass is 79.9. The zero-order chi connectivity index (χ0) is 24.5. The summed E-state index contributed by atoms with van der Waals surface area (Å²) >= 11 is 3.30. The normalized spacial score (nSPS) is 14.0. The Bertz CT molecular complexity index is 1300. The SMILES string of the molecule is Cc1ccc(-c2oc3nc(N(CCOCCBr)S(C)(=O)=O)c(CC4CC4)cc3c2C(N)=O)cc1. The molecule has 2 heterocycles. The first-order valence-electron chi connectivity index (χ1n) is 11.1. The molecule has 0 unspecified atom stereocenters. The summed E-state index contributed by atoms with van der Waals surface area (Å²) in [5, 5.41) is 1.15. The number of sulfonamides is 1. The van der Waals surface area contributed by atoms with Crippen molar-refractivity contribution in [1.82, 2.24) is 4.98 Å². The van der Waals surface area contributed by atoms with Crippen molar-refractivity contribution in [2.24, 2.45) is 11.7 Å². The van der Waals surface area contributed by atoms with Gasteiger partial charge in [0.1, 0.15) is 11.6 Å². The van der Waals surface area contributed by atoms with Crippen LogP contribution in [0.4, 0.5) is 5.82 Å². The number of hydrogen-bond acceptors (Lipinski definition) is 6. The third kappa shape index (κ3) is 5.45. The number of primary amides is 1. The number of nitrogens with zero attached hydrogens (tertiary/aromatic N) is 2. The third-order valence-electron chi connectivity index (χ3n) is 5.80. The van der Waals surface area contributed by atoms with Crippen LogP contribution in [0.15, 0.2) is 34.7 Å². The third-order valence-corrected chi connectivity index (χ3v) is 7.28. The monoisotopic (exact) mass is 549 g/mol. The van der Waals surface area contributed by atoms with Crippen LogP contribution < -0.4 is 10.0 Å². The predicted octanol–water partition coefficient (Wildman–Crippen LogP) is 4.03. The van der Waals surface area contributed by atoms with Gasteiger partial charge in [-0.25, -0.2) is 8.42 Å². The highest BCUT2D eigenvalue weighted by Crippen LogP contribution is 2.39. The van der Waals surface area contributed by atoms with Gasteiger partial charge in [-0.3, -0.25) is 9.10 Å². The molecule has 3 aromatic rings. The van der Waals surface area contributed by atoms with E-state index in [1.807, 2.05) is 37.3 Å². The molecule has 2 N–H and O–H groups in total. The lowest BCUT2D eigenvalue weighted by molar-refractivity contribution is 0.100. The highest BCUT2D eigenvalue weighted by molar-refractivity contribution is 9.09. The number of nitrogens with two attached hydrogens (primary N) is 1. The topological polar surface area (TPSA) is 116 Å². The maximum absolute atomic E-state index is 12.7. The van der Waals surface area contributed by atoms with Crippen molar-refractivity contribution >= 4 is 48.8 Å². The van der Waals surface area contributed by atoms with E-state index in [4.69, 9.17) is 14.9 Å². The molecular weight excluding hydrogens is 522 g/mol. The van der Waals surface area contributed by atoms with Crippen molar-refractivity contribution in [3.8, 4) is 11.3 Å². The van der Waals surface area contributed by atoms with Crippen LogP contribution in [0.5, 0.6) is 0 Å². The lowest BCUT2D eigenvalue weighted by Gasteiger charge is -2.23. The number of hydrogen-bond donors (Lipinski definition) is 1. The fraction of sp³-hybridized carbons (Fsp3) is 0.417. The Labute approximate surface area is 207 Å². The Balaban J connectivity index is 1.87. The molecule has 1 aliphatic rings. The Kier molecular flexibility index (Phi) is 7.30. The molecule has 4 rings (SSSR count). The van der Waals surface area contributed by atoms with Crippen LogP contribution in [0.1, 0.15) is 34.3 Å². The van der Waals surface area contributed by atoms with E-state index in [-0.39, 0.29) is 24.4 Å². The molecule has 1 aromatic carbocycles. The fourth-order valence-electron chi connectivity index (χ4n) is 3.94. The van der Waals surface area contributed by atoms with Crippen LogP contribution >= 0.6 is 15.9 Å². The van der Waals surface area contributed by atoms with E-state index in [1.165, 1.54) is 4.31 Å². The number of aryl methyl sites for hydroxylation is 1. The number of carbonyl (C=O) groups excluding carboxylic acids is 1. The van der Waals surface area contributed by atoms with Gasteiger partial charge in [-0.1, -0.05) is 45.8 Å². The van der Waals surface area contributed by atoms with Crippen molar-refractivity contribution in [2.75, 3.05) is 35.6 Å². The Morgan fingerprint density at radius 2 is 1.97 bits per heavy atom. The average Bonchev–Trinajstić information content (AvgIpc) is 3.50. The molecule has 0 bridgehead atoms. The minimum absolute atomic E-state index is 0.121. The number of fused-ring (bicyclic) bond motifs is 1. The van der Waals surface area contributed by atoms with Gasteiger partial charge in [-0.05, 0) is 43.7 Å². The van der Waals surface area contributed by atoms with Crippen LogP contribution in [0.3, 0.4) is 0 Å². The second-order valence-electron chi connectivity index (χ2n) is 8.64. The summed E-state index contributed by atoms with van der Waals surface area (Å²) in [5.41, 5.74) is 8.71. The van der Waals surface area contributed by atoms with Crippen molar-refractivity contribution in [1.29, 1.82) is 0 Å². The smallest absolute Gasteiger partial charge is 0.253 e. The molecule has 2 aromatic heterocycles. The lowest BCUT2D eigenvalue weighted by Crippen LogP contribution is -2.35. The number of ether oxygens (including phenoxy) is 1. The summed E-state index contributed by atoms with van der Waals surface area (Å²) in [7, 11) is -3.64. The van der Waals surface area contributed by atoms with E-state index in [9.17, 15) is 13.2 Å². The predicted molar refractivity (Wildman–Crippen MR) is 136 cm³/mol. The van der Waals surface area contributed by atoms with Gasteiger partial charge in [0, 0.05) is 10.9 Å². The number of furan rings is 1. The fourth-order valence-corrected chi connectivity index (χ4v) is 5.05. The van der Waals surface area contributed by atoms with Gasteiger partial charge in [0.25, 0.3) is 5.91 Å². The van der Waals surface area contributed by atoms with Crippen molar-refractivity contribution in [3.05, 3.63) is 47.0 Å². The van der Waals surface area contributed by atoms with E-state index in [0.717, 1.165) is 30.2 Å². The van der Waals surface area contributed by atoms with Gasteiger partial charge in [-0.2, -0.15) is 4.98 Å². The number of benzene rings is 1. The minimum Gasteiger partial charge on any atom is -0.437 e.